The third kappa shape index (κ3) is 6.63. The Kier molecular flexibility index (Phi) is 6.69. The van der Waals surface area contributed by atoms with Crippen LogP contribution in [-0.4, -0.2) is 31.6 Å². The fourth-order valence-corrected chi connectivity index (χ4v) is 2.01. The Labute approximate surface area is 128 Å². The lowest BCUT2D eigenvalue weighted by Crippen LogP contribution is -2.37. The van der Waals surface area contributed by atoms with E-state index in [2.05, 4.69) is 50.5 Å². The molecule has 4 nitrogen and oxygen atoms in total. The number of rotatable bonds is 7. The van der Waals surface area contributed by atoms with Crippen molar-refractivity contribution in [3.8, 4) is 0 Å². The number of nitrogens with one attached hydrogen (secondary N) is 2. The number of nitrogens with zero attached hydrogens (tertiary/aromatic N) is 1. The molecule has 1 aromatic rings. The zero-order chi connectivity index (χ0) is 15.9. The van der Waals surface area contributed by atoms with Gasteiger partial charge < -0.3 is 15.5 Å². The second-order valence-corrected chi connectivity index (χ2v) is 6.44. The van der Waals surface area contributed by atoms with E-state index in [1.807, 2.05) is 24.1 Å². The van der Waals surface area contributed by atoms with Crippen LogP contribution in [0.5, 0.6) is 0 Å². The molecule has 0 heterocycles. The SMILES string of the molecule is CCCNC(=O)CN(C)c1ccccc1CNC(C)(C)C. The standard InChI is InChI=1S/C17H29N3O/c1-6-11-18-16(21)13-20(5)15-10-8-7-9-14(15)12-19-17(2,3)4/h7-10,19H,6,11-13H2,1-5H3,(H,18,21). The summed E-state index contributed by atoms with van der Waals surface area (Å²) < 4.78 is 0. The Bertz CT molecular complexity index is 452. The summed E-state index contributed by atoms with van der Waals surface area (Å²) in [7, 11) is 1.96. The Balaban J connectivity index is 2.70. The van der Waals surface area contributed by atoms with Gasteiger partial charge in [-0.1, -0.05) is 25.1 Å². The molecule has 0 bridgehead atoms. The maximum atomic E-state index is 11.8. The molecule has 0 atom stereocenters. The number of anilines is 1. The summed E-state index contributed by atoms with van der Waals surface area (Å²) >= 11 is 0. The highest BCUT2D eigenvalue weighted by Gasteiger charge is 2.13. The van der Waals surface area contributed by atoms with Gasteiger partial charge in [0.05, 0.1) is 6.54 Å². The third-order valence-electron chi connectivity index (χ3n) is 3.16. The fourth-order valence-electron chi connectivity index (χ4n) is 2.01. The van der Waals surface area contributed by atoms with Crippen molar-refractivity contribution in [1.29, 1.82) is 0 Å². The van der Waals surface area contributed by atoms with Crippen LogP contribution >= 0.6 is 0 Å². The van der Waals surface area contributed by atoms with Gasteiger partial charge in [0.2, 0.25) is 5.91 Å². The summed E-state index contributed by atoms with van der Waals surface area (Å²) in [6, 6.07) is 8.21. The van der Waals surface area contributed by atoms with Crippen LogP contribution in [0.2, 0.25) is 0 Å². The summed E-state index contributed by atoms with van der Waals surface area (Å²) in [5.74, 6) is 0.0675. The molecule has 118 valence electrons. The number of para-hydroxylation sites is 1. The number of carbonyl (C=O) groups is 1. The van der Waals surface area contributed by atoms with E-state index in [0.29, 0.717) is 6.54 Å². The van der Waals surface area contributed by atoms with E-state index in [9.17, 15) is 4.79 Å². The molecule has 1 aromatic carbocycles. The largest absolute Gasteiger partial charge is 0.365 e. The summed E-state index contributed by atoms with van der Waals surface area (Å²) in [6.45, 7) is 10.4. The predicted molar refractivity (Wildman–Crippen MR) is 89.6 cm³/mol. The first-order valence-electron chi connectivity index (χ1n) is 7.64. The summed E-state index contributed by atoms with van der Waals surface area (Å²) in [4.78, 5) is 13.9. The average Bonchev–Trinajstić information content (AvgIpc) is 2.42. The van der Waals surface area contributed by atoms with Gasteiger partial charge in [-0.2, -0.15) is 0 Å². The van der Waals surface area contributed by atoms with Crippen LogP contribution in [0.4, 0.5) is 5.69 Å². The van der Waals surface area contributed by atoms with Crippen molar-refractivity contribution in [2.45, 2.75) is 46.2 Å². The van der Waals surface area contributed by atoms with Crippen molar-refractivity contribution in [3.63, 3.8) is 0 Å². The number of likely N-dealkylation sites (N-methyl/N-ethyl adjacent to an activating group) is 1. The van der Waals surface area contributed by atoms with Gasteiger partial charge in [0.25, 0.3) is 0 Å². The van der Waals surface area contributed by atoms with Gasteiger partial charge in [0.1, 0.15) is 0 Å². The van der Waals surface area contributed by atoms with Gasteiger partial charge in [0.15, 0.2) is 0 Å². The van der Waals surface area contributed by atoms with Gasteiger partial charge in [-0.25, -0.2) is 0 Å². The molecule has 0 aromatic heterocycles. The minimum atomic E-state index is 0.0675. The number of amides is 1. The second-order valence-electron chi connectivity index (χ2n) is 6.44. The second kappa shape index (κ2) is 8.03. The Morgan fingerprint density at radius 2 is 1.90 bits per heavy atom. The Hall–Kier alpha value is -1.55. The molecule has 0 saturated heterocycles. The monoisotopic (exact) mass is 291 g/mol. The van der Waals surface area contributed by atoms with Crippen molar-refractivity contribution >= 4 is 11.6 Å². The first kappa shape index (κ1) is 17.5. The van der Waals surface area contributed by atoms with Gasteiger partial charge in [-0.15, -0.1) is 0 Å². The number of benzene rings is 1. The molecule has 0 radical (unpaired) electrons. The number of hydrogen-bond donors (Lipinski definition) is 2. The van der Waals surface area contributed by atoms with Gasteiger partial charge in [-0.3, -0.25) is 4.79 Å². The molecule has 1 rings (SSSR count). The first-order chi connectivity index (χ1) is 9.83. The van der Waals surface area contributed by atoms with E-state index in [-0.39, 0.29) is 11.4 Å². The van der Waals surface area contributed by atoms with E-state index in [1.165, 1.54) is 5.56 Å². The molecule has 0 unspecified atom stereocenters. The molecule has 0 saturated carbocycles. The summed E-state index contributed by atoms with van der Waals surface area (Å²) in [5, 5.41) is 6.41. The van der Waals surface area contributed by atoms with Crippen LogP contribution in [0.3, 0.4) is 0 Å². The molecule has 0 fully saturated rings. The lowest BCUT2D eigenvalue weighted by molar-refractivity contribution is -0.119. The molecular formula is C17H29N3O. The molecule has 21 heavy (non-hydrogen) atoms. The maximum Gasteiger partial charge on any atom is 0.239 e. The van der Waals surface area contributed by atoms with Crippen molar-refractivity contribution < 1.29 is 4.79 Å². The van der Waals surface area contributed by atoms with E-state index < -0.39 is 0 Å². The molecular weight excluding hydrogens is 262 g/mol. The van der Waals surface area contributed by atoms with Crippen LogP contribution in [0.1, 0.15) is 39.7 Å². The summed E-state index contributed by atoms with van der Waals surface area (Å²) in [6.07, 6.45) is 0.960. The zero-order valence-electron chi connectivity index (χ0n) is 14.0. The van der Waals surface area contributed by atoms with Crippen LogP contribution < -0.4 is 15.5 Å². The molecule has 0 spiro atoms. The lowest BCUT2D eigenvalue weighted by Gasteiger charge is -2.25. The van der Waals surface area contributed by atoms with E-state index in [1.54, 1.807) is 0 Å². The average molecular weight is 291 g/mol. The summed E-state index contributed by atoms with van der Waals surface area (Å²) in [5.41, 5.74) is 2.38. The van der Waals surface area contributed by atoms with Crippen molar-refractivity contribution in [3.05, 3.63) is 29.8 Å². The van der Waals surface area contributed by atoms with E-state index in [4.69, 9.17) is 0 Å². The Morgan fingerprint density at radius 3 is 2.52 bits per heavy atom. The van der Waals surface area contributed by atoms with E-state index >= 15 is 0 Å². The third-order valence-corrected chi connectivity index (χ3v) is 3.16. The van der Waals surface area contributed by atoms with Crippen molar-refractivity contribution in [1.82, 2.24) is 10.6 Å². The fraction of sp³-hybridized carbons (Fsp3) is 0.588. The Morgan fingerprint density at radius 1 is 1.24 bits per heavy atom. The first-order valence-corrected chi connectivity index (χ1v) is 7.64. The van der Waals surface area contributed by atoms with Crippen molar-refractivity contribution in [2.75, 3.05) is 25.0 Å². The predicted octanol–water partition coefficient (Wildman–Crippen LogP) is 2.54. The lowest BCUT2D eigenvalue weighted by atomic mass is 10.1. The molecule has 0 aliphatic rings. The van der Waals surface area contributed by atoms with E-state index in [0.717, 1.165) is 25.2 Å². The minimum Gasteiger partial charge on any atom is -0.365 e. The normalized spacial score (nSPS) is 11.3. The molecule has 0 aliphatic heterocycles. The smallest absolute Gasteiger partial charge is 0.239 e. The van der Waals surface area contributed by atoms with Crippen LogP contribution in [0.25, 0.3) is 0 Å². The quantitative estimate of drug-likeness (QED) is 0.811. The van der Waals surface area contributed by atoms with Gasteiger partial charge in [0, 0.05) is 31.4 Å². The zero-order valence-corrected chi connectivity index (χ0v) is 14.0. The number of carbonyl (C=O) groups excluding carboxylic acids is 1. The van der Waals surface area contributed by atoms with Crippen LogP contribution in [0.15, 0.2) is 24.3 Å². The minimum absolute atomic E-state index is 0.0675. The topological polar surface area (TPSA) is 44.4 Å². The van der Waals surface area contributed by atoms with Crippen LogP contribution in [-0.2, 0) is 11.3 Å². The van der Waals surface area contributed by atoms with Crippen LogP contribution in [0, 0.1) is 0 Å². The maximum absolute atomic E-state index is 11.8. The number of hydrogen-bond acceptors (Lipinski definition) is 3. The van der Waals surface area contributed by atoms with Gasteiger partial charge in [-0.05, 0) is 38.8 Å². The molecule has 4 heteroatoms. The highest BCUT2D eigenvalue weighted by Crippen LogP contribution is 2.19. The highest BCUT2D eigenvalue weighted by molar-refractivity contribution is 5.81. The highest BCUT2D eigenvalue weighted by atomic mass is 16.2. The molecule has 1 amide bonds. The van der Waals surface area contributed by atoms with Gasteiger partial charge >= 0.3 is 0 Å². The molecule has 0 aliphatic carbocycles. The van der Waals surface area contributed by atoms with Crippen molar-refractivity contribution in [2.24, 2.45) is 0 Å². The molecule has 2 N–H and O–H groups in total.